The molecule has 0 spiro atoms. The number of benzene rings is 1. The van der Waals surface area contributed by atoms with Gasteiger partial charge in [-0.05, 0) is 30.2 Å². The molecule has 0 aliphatic carbocycles. The van der Waals surface area contributed by atoms with E-state index in [1.807, 2.05) is 44.2 Å². The van der Waals surface area contributed by atoms with Gasteiger partial charge in [-0.25, -0.2) is 9.48 Å². The molecule has 0 radical (unpaired) electrons. The smallest absolute Gasteiger partial charge is 0.475 e. The molecule has 1 aromatic carbocycles. The summed E-state index contributed by atoms with van der Waals surface area (Å²) in [5.74, 6) is -3.45. The van der Waals surface area contributed by atoms with Crippen LogP contribution >= 0.6 is 0 Å². The van der Waals surface area contributed by atoms with Gasteiger partial charge in [0.2, 0.25) is 0 Å². The molecule has 0 fully saturated rings. The Morgan fingerprint density at radius 1 is 1.19 bits per heavy atom. The van der Waals surface area contributed by atoms with Gasteiger partial charge in [-0.2, -0.15) is 23.3 Å². The lowest BCUT2D eigenvalue weighted by Gasteiger charge is -2.12. The van der Waals surface area contributed by atoms with E-state index in [4.69, 9.17) is 21.4 Å². The number of carboxylic acids is 1. The van der Waals surface area contributed by atoms with E-state index in [-0.39, 0.29) is 11.9 Å². The number of fused-ring (bicyclic) bond motifs is 1. The van der Waals surface area contributed by atoms with E-state index in [0.29, 0.717) is 5.56 Å². The first-order valence-electron chi connectivity index (χ1n) is 8.79. The van der Waals surface area contributed by atoms with Crippen LogP contribution in [0.1, 0.15) is 35.8 Å². The van der Waals surface area contributed by atoms with Crippen molar-refractivity contribution in [2.75, 3.05) is 0 Å². The first-order valence-corrected chi connectivity index (χ1v) is 8.79. The number of halogens is 3. The molecule has 0 atom stereocenters. The Morgan fingerprint density at radius 3 is 2.39 bits per heavy atom. The minimum atomic E-state index is -5.08. The molecule has 0 saturated carbocycles. The Morgan fingerprint density at radius 2 is 1.84 bits per heavy atom. The number of carbonyl (C=O) groups is 2. The largest absolute Gasteiger partial charge is 0.490 e. The Balaban J connectivity index is 0.000000423. The SMILES string of the molecule is CC(C)c1c(C(=O)N=C(N)N)cnn1-c1ccc2ncccc2c1.O=C(O)C(F)(F)F. The molecule has 1 amide bonds. The molecule has 0 aliphatic rings. The number of nitrogens with two attached hydrogens (primary N) is 2. The molecular formula is C19H19F3N6O3. The fraction of sp³-hybridized carbons (Fsp3) is 0.211. The number of pyridine rings is 1. The fourth-order valence-electron chi connectivity index (χ4n) is 2.66. The molecule has 3 aromatic rings. The molecule has 0 unspecified atom stereocenters. The number of carboxylic acid groups (broad SMARTS) is 1. The summed E-state index contributed by atoms with van der Waals surface area (Å²) in [7, 11) is 0. The molecule has 3 rings (SSSR count). The maximum Gasteiger partial charge on any atom is 0.490 e. The predicted molar refractivity (Wildman–Crippen MR) is 107 cm³/mol. The molecule has 9 nitrogen and oxygen atoms in total. The van der Waals surface area contributed by atoms with Crippen LogP contribution in [-0.4, -0.2) is 43.9 Å². The molecule has 12 heteroatoms. The van der Waals surface area contributed by atoms with Gasteiger partial charge >= 0.3 is 12.1 Å². The first kappa shape index (κ1) is 23.3. The van der Waals surface area contributed by atoms with Crippen LogP contribution < -0.4 is 11.5 Å². The van der Waals surface area contributed by atoms with E-state index in [1.54, 1.807) is 10.9 Å². The van der Waals surface area contributed by atoms with Gasteiger partial charge in [0, 0.05) is 11.6 Å². The second-order valence-corrected chi connectivity index (χ2v) is 6.54. The maximum atomic E-state index is 12.2. The minimum Gasteiger partial charge on any atom is -0.475 e. The number of hydrogen-bond donors (Lipinski definition) is 3. The highest BCUT2D eigenvalue weighted by atomic mass is 19.4. The van der Waals surface area contributed by atoms with Crippen molar-refractivity contribution in [3.63, 3.8) is 0 Å². The van der Waals surface area contributed by atoms with Gasteiger partial charge in [-0.15, -0.1) is 0 Å². The van der Waals surface area contributed by atoms with E-state index in [9.17, 15) is 18.0 Å². The van der Waals surface area contributed by atoms with E-state index in [0.717, 1.165) is 22.3 Å². The van der Waals surface area contributed by atoms with Crippen LogP contribution in [0.4, 0.5) is 13.2 Å². The summed E-state index contributed by atoms with van der Waals surface area (Å²) in [6.07, 6.45) is -1.83. The number of aliphatic carboxylic acids is 1. The molecule has 31 heavy (non-hydrogen) atoms. The van der Waals surface area contributed by atoms with E-state index >= 15 is 0 Å². The normalized spacial score (nSPS) is 11.0. The van der Waals surface area contributed by atoms with Gasteiger partial charge < -0.3 is 16.6 Å². The Kier molecular flexibility index (Phi) is 6.95. The third kappa shape index (κ3) is 5.78. The Bertz CT molecular complexity index is 1130. The van der Waals surface area contributed by atoms with Crippen molar-refractivity contribution < 1.29 is 27.9 Å². The van der Waals surface area contributed by atoms with Crippen molar-refractivity contribution in [3.05, 3.63) is 54.0 Å². The zero-order chi connectivity index (χ0) is 23.3. The highest BCUT2D eigenvalue weighted by molar-refractivity contribution is 6.02. The van der Waals surface area contributed by atoms with Crippen molar-refractivity contribution in [1.82, 2.24) is 14.8 Å². The van der Waals surface area contributed by atoms with Gasteiger partial charge in [-0.3, -0.25) is 9.78 Å². The van der Waals surface area contributed by atoms with Crippen molar-refractivity contribution in [2.24, 2.45) is 16.5 Å². The van der Waals surface area contributed by atoms with Crippen LogP contribution in [0, 0.1) is 0 Å². The summed E-state index contributed by atoms with van der Waals surface area (Å²) in [6.45, 7) is 3.98. The molecule has 5 N–H and O–H groups in total. The number of aliphatic imine (C=N–C) groups is 1. The summed E-state index contributed by atoms with van der Waals surface area (Å²) in [4.78, 5) is 29.1. The van der Waals surface area contributed by atoms with Gasteiger partial charge in [0.15, 0.2) is 5.96 Å². The van der Waals surface area contributed by atoms with E-state index in [1.165, 1.54) is 6.20 Å². The number of alkyl halides is 3. The second-order valence-electron chi connectivity index (χ2n) is 6.54. The van der Waals surface area contributed by atoms with Crippen LogP contribution in [0.15, 0.2) is 47.7 Å². The highest BCUT2D eigenvalue weighted by Crippen LogP contribution is 2.25. The van der Waals surface area contributed by atoms with Gasteiger partial charge in [0.05, 0.1) is 28.7 Å². The van der Waals surface area contributed by atoms with Crippen molar-refractivity contribution in [1.29, 1.82) is 0 Å². The summed E-state index contributed by atoms with van der Waals surface area (Å²) in [5, 5.41) is 12.5. The summed E-state index contributed by atoms with van der Waals surface area (Å²) >= 11 is 0. The quantitative estimate of drug-likeness (QED) is 0.422. The number of guanidine groups is 1. The van der Waals surface area contributed by atoms with Crippen molar-refractivity contribution in [2.45, 2.75) is 25.9 Å². The second kappa shape index (κ2) is 9.24. The molecule has 0 bridgehead atoms. The van der Waals surface area contributed by atoms with E-state index < -0.39 is 18.1 Å². The van der Waals surface area contributed by atoms with E-state index in [2.05, 4.69) is 15.1 Å². The zero-order valence-corrected chi connectivity index (χ0v) is 16.5. The van der Waals surface area contributed by atoms with Crippen molar-refractivity contribution in [3.8, 4) is 5.69 Å². The number of nitrogens with zero attached hydrogens (tertiary/aromatic N) is 4. The lowest BCUT2D eigenvalue weighted by Crippen LogP contribution is -2.24. The number of hydrogen-bond acceptors (Lipinski definition) is 4. The molecule has 0 aliphatic heterocycles. The van der Waals surface area contributed by atoms with Crippen LogP contribution in [0.3, 0.4) is 0 Å². The average Bonchev–Trinajstić information content (AvgIpc) is 3.12. The van der Waals surface area contributed by atoms with Crippen LogP contribution in [0.5, 0.6) is 0 Å². The molecule has 2 aromatic heterocycles. The Hall–Kier alpha value is -3.96. The van der Waals surface area contributed by atoms with Crippen molar-refractivity contribution >= 4 is 28.7 Å². The fourth-order valence-corrected chi connectivity index (χ4v) is 2.66. The maximum absolute atomic E-state index is 12.2. The van der Waals surface area contributed by atoms with Crippen LogP contribution in [0.25, 0.3) is 16.6 Å². The van der Waals surface area contributed by atoms with Gasteiger partial charge in [0.25, 0.3) is 5.91 Å². The zero-order valence-electron chi connectivity index (χ0n) is 16.5. The number of amides is 1. The monoisotopic (exact) mass is 436 g/mol. The predicted octanol–water partition coefficient (Wildman–Crippen LogP) is 2.59. The number of carbonyl (C=O) groups excluding carboxylic acids is 1. The molecule has 164 valence electrons. The third-order valence-corrected chi connectivity index (χ3v) is 3.89. The minimum absolute atomic E-state index is 0.0604. The molecular weight excluding hydrogens is 417 g/mol. The topological polar surface area (TPSA) is 149 Å². The number of aromatic nitrogens is 3. The lowest BCUT2D eigenvalue weighted by molar-refractivity contribution is -0.192. The third-order valence-electron chi connectivity index (χ3n) is 3.89. The summed E-state index contributed by atoms with van der Waals surface area (Å²) in [6, 6.07) is 9.69. The molecule has 2 heterocycles. The summed E-state index contributed by atoms with van der Waals surface area (Å²) < 4.78 is 33.5. The summed E-state index contributed by atoms with van der Waals surface area (Å²) in [5.41, 5.74) is 13.5. The Labute approximate surface area is 174 Å². The van der Waals surface area contributed by atoms with Crippen LogP contribution in [0.2, 0.25) is 0 Å². The highest BCUT2D eigenvalue weighted by Gasteiger charge is 2.38. The standard InChI is InChI=1S/C17H18N6O.C2HF3O2/c1-10(2)15-13(16(24)22-17(18)19)9-21-23(15)12-5-6-14-11(8-12)4-3-7-20-14;3-2(4,5)1(6)7/h3-10H,1-2H3,(H4,18,19,22,24);(H,6,7). The average molecular weight is 436 g/mol. The van der Waals surface area contributed by atoms with Crippen LogP contribution in [-0.2, 0) is 4.79 Å². The molecule has 0 saturated heterocycles. The van der Waals surface area contributed by atoms with Gasteiger partial charge in [-0.1, -0.05) is 19.9 Å². The first-order chi connectivity index (χ1) is 14.4. The number of rotatable bonds is 3. The lowest BCUT2D eigenvalue weighted by atomic mass is 10.0. The van der Waals surface area contributed by atoms with Gasteiger partial charge in [0.1, 0.15) is 0 Å².